The minimum absolute atomic E-state index is 0.215. The van der Waals surface area contributed by atoms with Gasteiger partial charge in [-0.1, -0.05) is 30.3 Å². The summed E-state index contributed by atoms with van der Waals surface area (Å²) >= 11 is 0. The Balaban J connectivity index is 1.53. The topological polar surface area (TPSA) is 91.2 Å². The molecule has 0 bridgehead atoms. The number of amides is 2. The van der Waals surface area contributed by atoms with Crippen LogP contribution in [0.1, 0.15) is 22.3 Å². The van der Waals surface area contributed by atoms with Crippen molar-refractivity contribution >= 4 is 23.2 Å². The zero-order chi connectivity index (χ0) is 20.5. The maximum absolute atomic E-state index is 12.4. The van der Waals surface area contributed by atoms with Crippen LogP contribution in [0.5, 0.6) is 5.75 Å². The first kappa shape index (κ1) is 19.6. The molecule has 0 radical (unpaired) electrons. The van der Waals surface area contributed by atoms with Crippen LogP contribution in [0.4, 0.5) is 11.4 Å². The molecule has 0 atom stereocenters. The number of carbonyl (C=O) groups is 2. The Kier molecular flexibility index (Phi) is 6.58. The van der Waals surface area contributed by atoms with Crippen molar-refractivity contribution < 1.29 is 14.3 Å². The third kappa shape index (κ3) is 5.94. The van der Waals surface area contributed by atoms with Crippen molar-refractivity contribution in [1.82, 2.24) is 0 Å². The van der Waals surface area contributed by atoms with Crippen LogP contribution < -0.4 is 15.4 Å². The monoisotopic (exact) mass is 385 g/mol. The summed E-state index contributed by atoms with van der Waals surface area (Å²) in [6, 6.07) is 25.2. The quantitative estimate of drug-likeness (QED) is 0.632. The Hall–Kier alpha value is -4.11. The number of benzene rings is 3. The number of hydrogen-bond donors (Lipinski definition) is 2. The molecule has 0 fully saturated rings. The fourth-order valence-corrected chi connectivity index (χ4v) is 2.56. The first-order valence-electron chi connectivity index (χ1n) is 8.99. The maximum atomic E-state index is 12.4. The highest BCUT2D eigenvalue weighted by molar-refractivity contribution is 6.04. The SMILES string of the molecule is N#CCC(=O)Nc1ccc(C(=O)Nc2ccc(OCc3ccccc3)cc2)cc1. The van der Waals surface area contributed by atoms with E-state index < -0.39 is 0 Å². The molecule has 3 aromatic rings. The predicted molar refractivity (Wildman–Crippen MR) is 110 cm³/mol. The fourth-order valence-electron chi connectivity index (χ4n) is 2.56. The molecule has 0 spiro atoms. The first-order chi connectivity index (χ1) is 14.1. The van der Waals surface area contributed by atoms with Gasteiger partial charge in [0.15, 0.2) is 0 Å². The van der Waals surface area contributed by atoms with E-state index in [1.807, 2.05) is 30.3 Å². The lowest BCUT2D eigenvalue weighted by Gasteiger charge is -2.09. The summed E-state index contributed by atoms with van der Waals surface area (Å²) in [5.74, 6) is 0.0569. The van der Waals surface area contributed by atoms with E-state index in [1.165, 1.54) is 0 Å². The molecule has 0 aliphatic carbocycles. The molecule has 0 saturated carbocycles. The van der Waals surface area contributed by atoms with Gasteiger partial charge in [-0.2, -0.15) is 5.26 Å². The first-order valence-corrected chi connectivity index (χ1v) is 8.99. The molecule has 6 heteroatoms. The second-order valence-electron chi connectivity index (χ2n) is 6.21. The van der Waals surface area contributed by atoms with Gasteiger partial charge in [0.2, 0.25) is 5.91 Å². The lowest BCUT2D eigenvalue weighted by Crippen LogP contribution is -2.13. The van der Waals surface area contributed by atoms with Gasteiger partial charge in [0.25, 0.3) is 5.91 Å². The van der Waals surface area contributed by atoms with Crippen LogP contribution in [0.3, 0.4) is 0 Å². The number of nitriles is 1. The van der Waals surface area contributed by atoms with E-state index in [0.29, 0.717) is 29.3 Å². The fraction of sp³-hybridized carbons (Fsp3) is 0.0870. The number of anilines is 2. The normalized spacial score (nSPS) is 9.90. The molecule has 0 aromatic heterocycles. The molecule has 3 aromatic carbocycles. The summed E-state index contributed by atoms with van der Waals surface area (Å²) in [5.41, 5.74) is 2.71. The number of ether oxygens (including phenoxy) is 1. The summed E-state index contributed by atoms with van der Waals surface area (Å²) in [5, 5.41) is 13.9. The molecule has 0 aliphatic heterocycles. The van der Waals surface area contributed by atoms with E-state index in [9.17, 15) is 9.59 Å². The lowest BCUT2D eigenvalue weighted by molar-refractivity contribution is -0.115. The van der Waals surface area contributed by atoms with Crippen molar-refractivity contribution in [3.8, 4) is 11.8 Å². The van der Waals surface area contributed by atoms with Crippen molar-refractivity contribution in [2.75, 3.05) is 10.6 Å². The number of nitrogens with zero attached hydrogens (tertiary/aromatic N) is 1. The van der Waals surface area contributed by atoms with Crippen LogP contribution in [0, 0.1) is 11.3 Å². The number of hydrogen-bond acceptors (Lipinski definition) is 4. The molecule has 144 valence electrons. The molecule has 2 N–H and O–H groups in total. The Morgan fingerprint density at radius 3 is 2.10 bits per heavy atom. The second-order valence-corrected chi connectivity index (χ2v) is 6.21. The third-order valence-electron chi connectivity index (χ3n) is 4.03. The highest BCUT2D eigenvalue weighted by Crippen LogP contribution is 2.18. The van der Waals surface area contributed by atoms with Gasteiger partial charge in [0, 0.05) is 16.9 Å². The molecule has 6 nitrogen and oxygen atoms in total. The van der Waals surface area contributed by atoms with E-state index in [-0.39, 0.29) is 18.2 Å². The Morgan fingerprint density at radius 1 is 0.828 bits per heavy atom. The van der Waals surface area contributed by atoms with Crippen LogP contribution in [-0.4, -0.2) is 11.8 Å². The van der Waals surface area contributed by atoms with Gasteiger partial charge in [-0.15, -0.1) is 0 Å². The lowest BCUT2D eigenvalue weighted by atomic mass is 10.2. The van der Waals surface area contributed by atoms with Gasteiger partial charge in [-0.3, -0.25) is 9.59 Å². The Bertz CT molecular complexity index is 1010. The van der Waals surface area contributed by atoms with Crippen molar-refractivity contribution in [3.63, 3.8) is 0 Å². The van der Waals surface area contributed by atoms with Gasteiger partial charge >= 0.3 is 0 Å². The summed E-state index contributed by atoms with van der Waals surface area (Å²) in [6.07, 6.45) is -0.215. The van der Waals surface area contributed by atoms with E-state index in [1.54, 1.807) is 54.6 Å². The average Bonchev–Trinajstić information content (AvgIpc) is 2.74. The van der Waals surface area contributed by atoms with Gasteiger partial charge < -0.3 is 15.4 Å². The summed E-state index contributed by atoms with van der Waals surface area (Å²) in [4.78, 5) is 23.8. The van der Waals surface area contributed by atoms with Crippen molar-refractivity contribution in [3.05, 3.63) is 90.0 Å². The van der Waals surface area contributed by atoms with Crippen LogP contribution in [-0.2, 0) is 11.4 Å². The third-order valence-corrected chi connectivity index (χ3v) is 4.03. The molecule has 3 rings (SSSR count). The molecule has 0 aliphatic rings. The van der Waals surface area contributed by atoms with Crippen LogP contribution in [0.15, 0.2) is 78.9 Å². The average molecular weight is 385 g/mol. The molecule has 0 saturated heterocycles. The molecule has 2 amide bonds. The zero-order valence-corrected chi connectivity index (χ0v) is 15.6. The number of carbonyl (C=O) groups excluding carboxylic acids is 2. The van der Waals surface area contributed by atoms with Gasteiger partial charge in [0.1, 0.15) is 18.8 Å². The smallest absolute Gasteiger partial charge is 0.255 e. The summed E-state index contributed by atoms with van der Waals surface area (Å²) in [7, 11) is 0. The summed E-state index contributed by atoms with van der Waals surface area (Å²) in [6.45, 7) is 0.476. The molecular formula is C23H19N3O3. The van der Waals surface area contributed by atoms with Crippen molar-refractivity contribution in [2.24, 2.45) is 0 Å². The van der Waals surface area contributed by atoms with E-state index >= 15 is 0 Å². The predicted octanol–water partition coefficient (Wildman–Crippen LogP) is 4.37. The highest BCUT2D eigenvalue weighted by atomic mass is 16.5. The number of rotatable bonds is 7. The minimum atomic E-state index is -0.390. The van der Waals surface area contributed by atoms with Crippen LogP contribution in [0.2, 0.25) is 0 Å². The maximum Gasteiger partial charge on any atom is 0.255 e. The second kappa shape index (κ2) is 9.72. The molecule has 0 unspecified atom stereocenters. The molecule has 0 heterocycles. The van der Waals surface area contributed by atoms with E-state index in [0.717, 1.165) is 5.56 Å². The summed E-state index contributed by atoms with van der Waals surface area (Å²) < 4.78 is 5.73. The van der Waals surface area contributed by atoms with E-state index in [4.69, 9.17) is 10.00 Å². The van der Waals surface area contributed by atoms with Gasteiger partial charge in [-0.25, -0.2) is 0 Å². The largest absolute Gasteiger partial charge is 0.489 e. The Morgan fingerprint density at radius 2 is 1.45 bits per heavy atom. The van der Waals surface area contributed by atoms with Gasteiger partial charge in [0.05, 0.1) is 6.07 Å². The van der Waals surface area contributed by atoms with Crippen LogP contribution in [0.25, 0.3) is 0 Å². The van der Waals surface area contributed by atoms with Gasteiger partial charge in [-0.05, 0) is 54.1 Å². The van der Waals surface area contributed by atoms with Crippen molar-refractivity contribution in [2.45, 2.75) is 13.0 Å². The standard InChI is InChI=1S/C23H19N3O3/c24-15-14-22(27)25-19-8-6-18(7-9-19)23(28)26-20-10-12-21(13-11-20)29-16-17-4-2-1-3-5-17/h1-13H,14,16H2,(H,25,27)(H,26,28). The Labute approximate surface area is 168 Å². The highest BCUT2D eigenvalue weighted by Gasteiger charge is 2.07. The molecule has 29 heavy (non-hydrogen) atoms. The molecular weight excluding hydrogens is 366 g/mol. The van der Waals surface area contributed by atoms with E-state index in [2.05, 4.69) is 10.6 Å². The minimum Gasteiger partial charge on any atom is -0.489 e. The van der Waals surface area contributed by atoms with Crippen molar-refractivity contribution in [1.29, 1.82) is 5.26 Å². The van der Waals surface area contributed by atoms with Crippen LogP contribution >= 0.6 is 0 Å². The zero-order valence-electron chi connectivity index (χ0n) is 15.6. The number of nitrogens with one attached hydrogen (secondary N) is 2.